The number of rotatable bonds is 4. The molecule has 20 heavy (non-hydrogen) atoms. The van der Waals surface area contributed by atoms with E-state index in [9.17, 15) is 4.79 Å². The number of methoxy groups -OCH3 is 1. The summed E-state index contributed by atoms with van der Waals surface area (Å²) in [5.74, 6) is 1.05. The Bertz CT molecular complexity index is 473. The molecule has 0 bridgehead atoms. The molecular weight excluding hydrogens is 252 g/mol. The van der Waals surface area contributed by atoms with Crippen molar-refractivity contribution in [3.05, 3.63) is 29.8 Å². The molecule has 2 N–H and O–H groups in total. The number of benzene rings is 1. The fourth-order valence-electron chi connectivity index (χ4n) is 2.70. The molecule has 0 saturated carbocycles. The molecule has 1 aliphatic heterocycles. The summed E-state index contributed by atoms with van der Waals surface area (Å²) in [4.78, 5) is 14.4. The van der Waals surface area contributed by atoms with Gasteiger partial charge in [-0.1, -0.05) is 26.0 Å². The summed E-state index contributed by atoms with van der Waals surface area (Å²) in [6.07, 6.45) is 2.02. The first-order valence-corrected chi connectivity index (χ1v) is 7.24. The van der Waals surface area contributed by atoms with Crippen LogP contribution in [0, 0.1) is 5.92 Å². The number of amides is 1. The lowest BCUT2D eigenvalue weighted by atomic mass is 10.0. The quantitative estimate of drug-likeness (QED) is 0.918. The maximum absolute atomic E-state index is 12.5. The van der Waals surface area contributed by atoms with Gasteiger partial charge in [0.1, 0.15) is 5.75 Å². The molecule has 1 fully saturated rings. The third-order valence-electron chi connectivity index (χ3n) is 4.02. The van der Waals surface area contributed by atoms with Crippen molar-refractivity contribution < 1.29 is 9.53 Å². The van der Waals surface area contributed by atoms with Crippen molar-refractivity contribution in [1.29, 1.82) is 0 Å². The number of likely N-dealkylation sites (tertiary alicyclic amines) is 1. The molecule has 1 heterocycles. The summed E-state index contributed by atoms with van der Waals surface area (Å²) in [5, 5.41) is 0. The summed E-state index contributed by atoms with van der Waals surface area (Å²) in [6, 6.07) is 7.67. The van der Waals surface area contributed by atoms with Gasteiger partial charge in [-0.05, 0) is 36.5 Å². The smallest absolute Gasteiger partial charge is 0.240 e. The van der Waals surface area contributed by atoms with Crippen molar-refractivity contribution in [3.8, 4) is 5.75 Å². The number of ether oxygens (including phenoxy) is 1. The van der Waals surface area contributed by atoms with E-state index in [-0.39, 0.29) is 17.9 Å². The van der Waals surface area contributed by atoms with Crippen LogP contribution in [0.2, 0.25) is 0 Å². The minimum atomic E-state index is -0.416. The van der Waals surface area contributed by atoms with Gasteiger partial charge >= 0.3 is 0 Å². The molecule has 0 aromatic heterocycles. The van der Waals surface area contributed by atoms with Crippen LogP contribution in [0.3, 0.4) is 0 Å². The molecule has 1 amide bonds. The van der Waals surface area contributed by atoms with E-state index in [0.717, 1.165) is 30.7 Å². The van der Waals surface area contributed by atoms with Crippen LogP contribution in [-0.2, 0) is 4.79 Å². The van der Waals surface area contributed by atoms with Gasteiger partial charge in [0, 0.05) is 6.54 Å². The van der Waals surface area contributed by atoms with Crippen LogP contribution in [0.4, 0.5) is 0 Å². The van der Waals surface area contributed by atoms with Crippen LogP contribution in [0.5, 0.6) is 5.75 Å². The Morgan fingerprint density at radius 1 is 1.45 bits per heavy atom. The van der Waals surface area contributed by atoms with Gasteiger partial charge in [0.05, 0.1) is 19.2 Å². The van der Waals surface area contributed by atoms with E-state index in [1.165, 1.54) is 0 Å². The first kappa shape index (κ1) is 14.9. The Morgan fingerprint density at radius 2 is 2.20 bits per heavy atom. The summed E-state index contributed by atoms with van der Waals surface area (Å²) in [7, 11) is 1.66. The first-order chi connectivity index (χ1) is 9.54. The fourth-order valence-corrected chi connectivity index (χ4v) is 2.70. The van der Waals surface area contributed by atoms with Crippen molar-refractivity contribution in [1.82, 2.24) is 4.90 Å². The van der Waals surface area contributed by atoms with Gasteiger partial charge in [-0.3, -0.25) is 4.79 Å². The van der Waals surface area contributed by atoms with Gasteiger partial charge in [-0.25, -0.2) is 0 Å². The highest BCUT2D eigenvalue weighted by Gasteiger charge is 2.33. The van der Waals surface area contributed by atoms with Crippen LogP contribution in [-0.4, -0.2) is 30.5 Å². The van der Waals surface area contributed by atoms with Gasteiger partial charge in [0.25, 0.3) is 0 Å². The zero-order chi connectivity index (χ0) is 14.7. The molecule has 4 heteroatoms. The highest BCUT2D eigenvalue weighted by molar-refractivity contribution is 5.82. The van der Waals surface area contributed by atoms with E-state index < -0.39 is 6.04 Å². The third-order valence-corrected chi connectivity index (χ3v) is 4.02. The lowest BCUT2D eigenvalue weighted by Crippen LogP contribution is -2.46. The second-order valence-corrected chi connectivity index (χ2v) is 5.74. The molecule has 2 atom stereocenters. The van der Waals surface area contributed by atoms with Crippen LogP contribution in [0.15, 0.2) is 24.3 Å². The normalized spacial score (nSPS) is 20.2. The van der Waals surface area contributed by atoms with Crippen LogP contribution < -0.4 is 10.5 Å². The minimum Gasteiger partial charge on any atom is -0.497 e. The fraction of sp³-hybridized carbons (Fsp3) is 0.562. The molecule has 1 unspecified atom stereocenters. The lowest BCUT2D eigenvalue weighted by molar-refractivity contribution is -0.134. The maximum Gasteiger partial charge on any atom is 0.240 e. The predicted molar refractivity (Wildman–Crippen MR) is 79.5 cm³/mol. The number of hydrogen-bond donors (Lipinski definition) is 1. The minimum absolute atomic E-state index is 0.0605. The van der Waals surface area contributed by atoms with Crippen molar-refractivity contribution in [3.63, 3.8) is 0 Å². The highest BCUT2D eigenvalue weighted by Crippen LogP contribution is 2.34. The molecular formula is C16H24N2O2. The van der Waals surface area contributed by atoms with Crippen molar-refractivity contribution >= 4 is 5.91 Å². The van der Waals surface area contributed by atoms with Crippen molar-refractivity contribution in [2.75, 3.05) is 13.7 Å². The van der Waals surface area contributed by atoms with Gasteiger partial charge in [0.2, 0.25) is 5.91 Å². The first-order valence-electron chi connectivity index (χ1n) is 7.24. The molecule has 1 aliphatic rings. The zero-order valence-corrected chi connectivity index (χ0v) is 12.5. The van der Waals surface area contributed by atoms with E-state index in [4.69, 9.17) is 10.5 Å². The maximum atomic E-state index is 12.5. The Labute approximate surface area is 120 Å². The highest BCUT2D eigenvalue weighted by atomic mass is 16.5. The average Bonchev–Trinajstić information content (AvgIpc) is 2.95. The number of nitrogens with zero attached hydrogens (tertiary/aromatic N) is 1. The summed E-state index contributed by atoms with van der Waals surface area (Å²) in [5.41, 5.74) is 7.15. The van der Waals surface area contributed by atoms with Gasteiger partial charge < -0.3 is 15.4 Å². The van der Waals surface area contributed by atoms with E-state index >= 15 is 0 Å². The predicted octanol–water partition coefficient (Wildman–Crippen LogP) is 2.34. The molecule has 2 rings (SSSR count). The zero-order valence-electron chi connectivity index (χ0n) is 12.5. The van der Waals surface area contributed by atoms with Gasteiger partial charge in [-0.2, -0.15) is 0 Å². The third kappa shape index (κ3) is 2.96. The molecule has 110 valence electrons. The van der Waals surface area contributed by atoms with E-state index in [1.54, 1.807) is 7.11 Å². The Morgan fingerprint density at radius 3 is 2.85 bits per heavy atom. The number of carbonyl (C=O) groups excluding carboxylic acids is 1. The van der Waals surface area contributed by atoms with Crippen LogP contribution in [0.1, 0.15) is 38.3 Å². The molecule has 4 nitrogen and oxygen atoms in total. The van der Waals surface area contributed by atoms with E-state index in [2.05, 4.69) is 6.07 Å². The SMILES string of the molecule is COc1cccc(C2CCCN2C(=O)[C@@H](N)C(C)C)c1. The second kappa shape index (κ2) is 6.27. The van der Waals surface area contributed by atoms with Crippen LogP contribution in [0.25, 0.3) is 0 Å². The Balaban J connectivity index is 2.20. The van der Waals surface area contributed by atoms with E-state index in [0.29, 0.717) is 0 Å². The topological polar surface area (TPSA) is 55.6 Å². The van der Waals surface area contributed by atoms with Crippen molar-refractivity contribution in [2.45, 2.75) is 38.8 Å². The second-order valence-electron chi connectivity index (χ2n) is 5.74. The van der Waals surface area contributed by atoms with E-state index in [1.807, 2.05) is 36.9 Å². The molecule has 0 radical (unpaired) electrons. The molecule has 0 aliphatic carbocycles. The monoisotopic (exact) mass is 276 g/mol. The number of hydrogen-bond acceptors (Lipinski definition) is 3. The largest absolute Gasteiger partial charge is 0.497 e. The van der Waals surface area contributed by atoms with Crippen molar-refractivity contribution in [2.24, 2.45) is 11.7 Å². The molecule has 0 spiro atoms. The average molecular weight is 276 g/mol. The molecule has 1 aromatic carbocycles. The summed E-state index contributed by atoms with van der Waals surface area (Å²) < 4.78 is 5.27. The van der Waals surface area contributed by atoms with Gasteiger partial charge in [0.15, 0.2) is 0 Å². The molecule has 1 saturated heterocycles. The Hall–Kier alpha value is -1.55. The summed E-state index contributed by atoms with van der Waals surface area (Å²) >= 11 is 0. The Kier molecular flexibility index (Phi) is 4.65. The van der Waals surface area contributed by atoms with Crippen LogP contribution >= 0.6 is 0 Å². The lowest BCUT2D eigenvalue weighted by Gasteiger charge is -2.29. The summed E-state index contributed by atoms with van der Waals surface area (Å²) in [6.45, 7) is 4.76. The molecule has 1 aromatic rings. The van der Waals surface area contributed by atoms with Gasteiger partial charge in [-0.15, -0.1) is 0 Å². The number of carbonyl (C=O) groups is 1. The standard InChI is InChI=1S/C16H24N2O2/c1-11(2)15(17)16(19)18-9-5-8-14(18)12-6-4-7-13(10-12)20-3/h4,6-7,10-11,14-15H,5,8-9,17H2,1-3H3/t14?,15-/m0/s1. The number of nitrogens with two attached hydrogens (primary N) is 1.